The second kappa shape index (κ2) is 13.6. The molecule has 11 heteroatoms. The fourth-order valence-electron chi connectivity index (χ4n) is 5.51. The summed E-state index contributed by atoms with van der Waals surface area (Å²) in [4.78, 5) is 65.0. The van der Waals surface area contributed by atoms with E-state index in [1.165, 1.54) is 49.4 Å². The van der Waals surface area contributed by atoms with Crippen LogP contribution in [0, 0.1) is 18.7 Å². The molecule has 232 valence electrons. The number of para-hydroxylation sites is 1. The maximum Gasteiger partial charge on any atom is 0.336 e. The summed E-state index contributed by atoms with van der Waals surface area (Å²) >= 11 is 0. The third kappa shape index (κ3) is 7.50. The molecule has 0 atom stereocenters. The smallest absolute Gasteiger partial charge is 0.336 e. The molecule has 2 amide bonds. The molecule has 3 aromatic rings. The SMILES string of the molecule is CC(=O)Nc1c(C)ccc(NC(=O)c2cccc3c2OC(=O)/C=C/C(=O)O3)c1CCN1CCC(C(=O)c2ccc(F)cc2)CC1. The van der Waals surface area contributed by atoms with Crippen molar-refractivity contribution in [2.45, 2.75) is 33.1 Å². The van der Waals surface area contributed by atoms with Gasteiger partial charge in [0.1, 0.15) is 5.82 Å². The summed E-state index contributed by atoms with van der Waals surface area (Å²) in [7, 11) is 0. The maximum absolute atomic E-state index is 13.6. The molecule has 0 aliphatic carbocycles. The molecular formula is C34H32FN3O7. The number of hydrogen-bond acceptors (Lipinski definition) is 8. The third-order valence-electron chi connectivity index (χ3n) is 7.83. The van der Waals surface area contributed by atoms with E-state index >= 15 is 0 Å². The van der Waals surface area contributed by atoms with Gasteiger partial charge in [-0.15, -0.1) is 0 Å². The van der Waals surface area contributed by atoms with Crippen LogP contribution in [0.5, 0.6) is 11.5 Å². The summed E-state index contributed by atoms with van der Waals surface area (Å²) in [6, 6.07) is 13.5. The molecule has 2 N–H and O–H groups in total. The van der Waals surface area contributed by atoms with E-state index in [4.69, 9.17) is 9.47 Å². The molecule has 0 saturated carbocycles. The number of fused-ring (bicyclic) bond motifs is 1. The van der Waals surface area contributed by atoms with Crippen LogP contribution in [0.4, 0.5) is 15.8 Å². The molecule has 3 aromatic carbocycles. The molecule has 45 heavy (non-hydrogen) atoms. The van der Waals surface area contributed by atoms with Gasteiger partial charge in [0.05, 0.1) is 5.56 Å². The van der Waals surface area contributed by atoms with Crippen molar-refractivity contribution in [1.82, 2.24) is 4.90 Å². The van der Waals surface area contributed by atoms with Gasteiger partial charge in [0.25, 0.3) is 5.91 Å². The second-order valence-corrected chi connectivity index (χ2v) is 11.0. The maximum atomic E-state index is 13.6. The minimum Gasteiger partial charge on any atom is -0.419 e. The molecule has 0 aromatic heterocycles. The van der Waals surface area contributed by atoms with Crippen LogP contribution in [-0.2, 0) is 20.8 Å². The van der Waals surface area contributed by atoms with Crippen LogP contribution in [0.15, 0.2) is 66.7 Å². The highest BCUT2D eigenvalue weighted by atomic mass is 19.1. The number of Topliss-reactive ketones (excluding diaryl/α,β-unsaturated/α-hetero) is 1. The molecule has 1 saturated heterocycles. The molecule has 0 radical (unpaired) electrons. The van der Waals surface area contributed by atoms with E-state index in [2.05, 4.69) is 15.5 Å². The number of piperidine rings is 1. The Morgan fingerprint density at radius 1 is 0.911 bits per heavy atom. The van der Waals surface area contributed by atoms with E-state index in [-0.39, 0.29) is 40.5 Å². The number of anilines is 2. The number of amides is 2. The lowest BCUT2D eigenvalue weighted by Crippen LogP contribution is -2.37. The van der Waals surface area contributed by atoms with E-state index in [9.17, 15) is 28.4 Å². The zero-order valence-electron chi connectivity index (χ0n) is 24.9. The number of carbonyl (C=O) groups excluding carboxylic acids is 5. The Balaban J connectivity index is 1.33. The van der Waals surface area contributed by atoms with Crippen LogP contribution in [-0.4, -0.2) is 54.1 Å². The number of nitrogens with zero attached hydrogens (tertiary/aromatic N) is 1. The van der Waals surface area contributed by atoms with Gasteiger partial charge in [-0.05, 0) is 87.3 Å². The van der Waals surface area contributed by atoms with Crippen molar-refractivity contribution in [3.63, 3.8) is 0 Å². The third-order valence-corrected chi connectivity index (χ3v) is 7.83. The summed E-state index contributed by atoms with van der Waals surface area (Å²) in [6.07, 6.45) is 3.63. The summed E-state index contributed by atoms with van der Waals surface area (Å²) in [5.74, 6) is -3.28. The van der Waals surface area contributed by atoms with Crippen molar-refractivity contribution in [1.29, 1.82) is 0 Å². The topological polar surface area (TPSA) is 131 Å². The Kier molecular flexibility index (Phi) is 9.48. The van der Waals surface area contributed by atoms with E-state index in [0.29, 0.717) is 61.4 Å². The first-order valence-electron chi connectivity index (χ1n) is 14.6. The van der Waals surface area contributed by atoms with Gasteiger partial charge < -0.3 is 25.0 Å². The van der Waals surface area contributed by atoms with E-state index < -0.39 is 17.8 Å². The number of halogens is 1. The number of hydrogen-bond donors (Lipinski definition) is 2. The Morgan fingerprint density at radius 3 is 2.29 bits per heavy atom. The predicted octanol–water partition coefficient (Wildman–Crippen LogP) is 4.86. The first kappa shape index (κ1) is 31.3. The number of likely N-dealkylation sites (tertiary alicyclic amines) is 1. The Labute approximate surface area is 259 Å². The number of ketones is 1. The van der Waals surface area contributed by atoms with Crippen LogP contribution in [0.3, 0.4) is 0 Å². The monoisotopic (exact) mass is 613 g/mol. The molecule has 2 aliphatic rings. The molecule has 0 bridgehead atoms. The van der Waals surface area contributed by atoms with Gasteiger partial charge >= 0.3 is 11.9 Å². The lowest BCUT2D eigenvalue weighted by molar-refractivity contribution is -0.133. The van der Waals surface area contributed by atoms with Crippen molar-refractivity contribution in [2.24, 2.45) is 5.92 Å². The Hall–Kier alpha value is -5.16. The van der Waals surface area contributed by atoms with Crippen LogP contribution in [0.1, 0.15) is 51.6 Å². The average molecular weight is 614 g/mol. The molecule has 10 nitrogen and oxygen atoms in total. The highest BCUT2D eigenvalue weighted by Crippen LogP contribution is 2.35. The van der Waals surface area contributed by atoms with Crippen molar-refractivity contribution < 1.29 is 37.8 Å². The van der Waals surface area contributed by atoms with Crippen molar-refractivity contribution in [2.75, 3.05) is 30.3 Å². The van der Waals surface area contributed by atoms with E-state index in [1.54, 1.807) is 12.1 Å². The quantitative estimate of drug-likeness (QED) is 0.209. The Morgan fingerprint density at radius 2 is 1.60 bits per heavy atom. The largest absolute Gasteiger partial charge is 0.419 e. The number of esters is 2. The van der Waals surface area contributed by atoms with E-state index in [0.717, 1.165) is 17.7 Å². The van der Waals surface area contributed by atoms with Crippen LogP contribution in [0.2, 0.25) is 0 Å². The minimum atomic E-state index is -0.833. The summed E-state index contributed by atoms with van der Waals surface area (Å²) in [5.41, 5.74) is 3.01. The lowest BCUT2D eigenvalue weighted by atomic mass is 9.88. The summed E-state index contributed by atoms with van der Waals surface area (Å²) in [6.45, 7) is 5.21. The summed E-state index contributed by atoms with van der Waals surface area (Å²) in [5, 5.41) is 5.77. The molecule has 1 fully saturated rings. The van der Waals surface area contributed by atoms with Gasteiger partial charge in [0, 0.05) is 54.0 Å². The number of ether oxygens (including phenoxy) is 2. The van der Waals surface area contributed by atoms with Crippen LogP contribution in [0.25, 0.3) is 0 Å². The molecule has 5 rings (SSSR count). The summed E-state index contributed by atoms with van der Waals surface area (Å²) < 4.78 is 23.8. The number of carbonyl (C=O) groups is 5. The first-order valence-corrected chi connectivity index (χ1v) is 14.6. The van der Waals surface area contributed by atoms with Crippen molar-refractivity contribution >= 4 is 40.9 Å². The molecule has 0 unspecified atom stereocenters. The molecule has 0 spiro atoms. The van der Waals surface area contributed by atoms with Gasteiger partial charge in [-0.1, -0.05) is 12.1 Å². The lowest BCUT2D eigenvalue weighted by Gasteiger charge is -2.31. The Bertz CT molecular complexity index is 1690. The standard InChI is InChI=1S/C34H32FN3O7/c1-20-6-11-27(37-34(43)26-4-3-5-28-33(26)45-30(41)13-12-29(40)44-28)25(31(20)36-21(2)39)16-19-38-17-14-23(15-18-38)32(42)22-7-9-24(35)10-8-22/h3-13,23H,14-19H2,1-2H3,(H,36,39)(H,37,43)/b13-12+. The molecule has 2 heterocycles. The normalized spacial score (nSPS) is 16.0. The number of rotatable bonds is 8. The number of nitrogens with one attached hydrogen (secondary N) is 2. The second-order valence-electron chi connectivity index (χ2n) is 11.0. The van der Waals surface area contributed by atoms with Gasteiger partial charge in [-0.2, -0.15) is 0 Å². The predicted molar refractivity (Wildman–Crippen MR) is 164 cm³/mol. The van der Waals surface area contributed by atoms with Crippen molar-refractivity contribution in [3.05, 3.63) is 94.8 Å². The zero-order valence-corrected chi connectivity index (χ0v) is 24.9. The fraction of sp³-hybridized carbons (Fsp3) is 0.265. The number of benzene rings is 3. The molecule has 2 aliphatic heterocycles. The highest BCUT2D eigenvalue weighted by molar-refractivity contribution is 6.09. The van der Waals surface area contributed by atoms with Crippen molar-refractivity contribution in [3.8, 4) is 11.5 Å². The van der Waals surface area contributed by atoms with Gasteiger partial charge in [0.15, 0.2) is 17.3 Å². The van der Waals surface area contributed by atoms with Crippen LogP contribution < -0.4 is 20.1 Å². The fourth-order valence-corrected chi connectivity index (χ4v) is 5.51. The van der Waals surface area contributed by atoms with Gasteiger partial charge in [-0.25, -0.2) is 14.0 Å². The van der Waals surface area contributed by atoms with Crippen LogP contribution >= 0.6 is 0 Å². The number of aryl methyl sites for hydroxylation is 1. The first-order chi connectivity index (χ1) is 21.6. The zero-order chi connectivity index (χ0) is 32.1. The van der Waals surface area contributed by atoms with Gasteiger partial charge in [-0.3, -0.25) is 14.4 Å². The van der Waals surface area contributed by atoms with Gasteiger partial charge in [0.2, 0.25) is 5.91 Å². The average Bonchev–Trinajstić information content (AvgIpc) is 3.01. The van der Waals surface area contributed by atoms with E-state index in [1.807, 2.05) is 6.92 Å². The minimum absolute atomic E-state index is 0.0113. The molecular weight excluding hydrogens is 581 g/mol. The highest BCUT2D eigenvalue weighted by Gasteiger charge is 2.27.